The maximum absolute atomic E-state index is 12.3. The molecule has 24 heavy (non-hydrogen) atoms. The number of hydrogen-bond acceptors (Lipinski definition) is 5. The van der Waals surface area contributed by atoms with Gasteiger partial charge in [-0.1, -0.05) is 0 Å². The molecule has 0 saturated carbocycles. The third kappa shape index (κ3) is 3.55. The number of likely N-dealkylation sites (tertiary alicyclic amines) is 1. The second-order valence-electron chi connectivity index (χ2n) is 5.80. The number of nitrogens with one attached hydrogen (secondary N) is 1. The summed E-state index contributed by atoms with van der Waals surface area (Å²) >= 11 is 0. The molecule has 0 bridgehead atoms. The summed E-state index contributed by atoms with van der Waals surface area (Å²) in [5.74, 6) is 1.55. The van der Waals surface area contributed by atoms with Crippen molar-refractivity contribution >= 4 is 11.8 Å². The molecule has 2 amide bonds. The molecule has 2 aliphatic heterocycles. The molecule has 1 aromatic rings. The molecule has 7 heteroatoms. The Hall–Kier alpha value is -2.44. The third-order valence-electron chi connectivity index (χ3n) is 4.15. The van der Waals surface area contributed by atoms with Crippen LogP contribution in [0.2, 0.25) is 0 Å². The van der Waals surface area contributed by atoms with Crippen LogP contribution in [0.3, 0.4) is 0 Å². The van der Waals surface area contributed by atoms with Crippen molar-refractivity contribution in [2.75, 3.05) is 40.0 Å². The Bertz CT molecular complexity index is 614. The lowest BCUT2D eigenvalue weighted by atomic mass is 10.1. The van der Waals surface area contributed by atoms with Crippen molar-refractivity contribution in [2.45, 2.75) is 19.3 Å². The highest BCUT2D eigenvalue weighted by atomic mass is 16.6. The zero-order valence-corrected chi connectivity index (χ0v) is 13.8. The van der Waals surface area contributed by atoms with E-state index in [0.29, 0.717) is 55.5 Å². The SMILES string of the molecule is COc1cc(C(=O)NCCCN2CCCC2=O)cc2c1OCCO2. The van der Waals surface area contributed by atoms with Gasteiger partial charge >= 0.3 is 0 Å². The molecule has 1 fully saturated rings. The monoisotopic (exact) mass is 334 g/mol. The van der Waals surface area contributed by atoms with Gasteiger partial charge in [-0.05, 0) is 25.0 Å². The molecule has 130 valence electrons. The Morgan fingerprint density at radius 3 is 2.92 bits per heavy atom. The molecule has 1 saturated heterocycles. The summed E-state index contributed by atoms with van der Waals surface area (Å²) in [4.78, 5) is 25.7. The first kappa shape index (κ1) is 16.4. The molecule has 1 N–H and O–H groups in total. The van der Waals surface area contributed by atoms with E-state index in [4.69, 9.17) is 14.2 Å². The predicted molar refractivity (Wildman–Crippen MR) is 86.7 cm³/mol. The van der Waals surface area contributed by atoms with Gasteiger partial charge in [0.15, 0.2) is 11.5 Å². The van der Waals surface area contributed by atoms with Gasteiger partial charge in [0.05, 0.1) is 7.11 Å². The number of methoxy groups -OCH3 is 1. The lowest BCUT2D eigenvalue weighted by molar-refractivity contribution is -0.127. The van der Waals surface area contributed by atoms with E-state index in [1.807, 2.05) is 4.90 Å². The smallest absolute Gasteiger partial charge is 0.251 e. The fourth-order valence-corrected chi connectivity index (χ4v) is 2.92. The van der Waals surface area contributed by atoms with Crippen molar-refractivity contribution in [2.24, 2.45) is 0 Å². The number of rotatable bonds is 6. The molecule has 2 aliphatic rings. The molecule has 0 spiro atoms. The van der Waals surface area contributed by atoms with Gasteiger partial charge in [0.25, 0.3) is 5.91 Å². The van der Waals surface area contributed by atoms with Gasteiger partial charge in [-0.25, -0.2) is 0 Å². The Kier molecular flexibility index (Phi) is 5.08. The van der Waals surface area contributed by atoms with Crippen molar-refractivity contribution in [3.05, 3.63) is 17.7 Å². The van der Waals surface area contributed by atoms with Gasteiger partial charge in [-0.2, -0.15) is 0 Å². The van der Waals surface area contributed by atoms with Crippen LogP contribution in [0.15, 0.2) is 12.1 Å². The molecule has 0 aliphatic carbocycles. The van der Waals surface area contributed by atoms with Gasteiger partial charge in [0.2, 0.25) is 11.7 Å². The van der Waals surface area contributed by atoms with Gasteiger partial charge < -0.3 is 24.4 Å². The molecule has 0 aromatic heterocycles. The number of nitrogens with zero attached hydrogens (tertiary/aromatic N) is 1. The molecule has 2 heterocycles. The van der Waals surface area contributed by atoms with Crippen LogP contribution in [0.4, 0.5) is 0 Å². The van der Waals surface area contributed by atoms with Gasteiger partial charge in [-0.3, -0.25) is 9.59 Å². The van der Waals surface area contributed by atoms with Crippen LogP contribution in [0, 0.1) is 0 Å². The first-order chi connectivity index (χ1) is 11.7. The number of ether oxygens (including phenoxy) is 3. The van der Waals surface area contributed by atoms with Crippen molar-refractivity contribution in [1.29, 1.82) is 0 Å². The van der Waals surface area contributed by atoms with E-state index in [9.17, 15) is 9.59 Å². The molecule has 0 atom stereocenters. The predicted octanol–water partition coefficient (Wildman–Crippen LogP) is 1.21. The Labute approximate surface area is 140 Å². The van der Waals surface area contributed by atoms with E-state index in [1.54, 1.807) is 12.1 Å². The summed E-state index contributed by atoms with van der Waals surface area (Å²) in [6.45, 7) is 2.93. The lowest BCUT2D eigenvalue weighted by Crippen LogP contribution is -2.30. The van der Waals surface area contributed by atoms with E-state index < -0.39 is 0 Å². The minimum absolute atomic E-state index is 0.196. The van der Waals surface area contributed by atoms with Crippen molar-refractivity contribution in [3.8, 4) is 17.2 Å². The average Bonchev–Trinajstić information content (AvgIpc) is 3.02. The van der Waals surface area contributed by atoms with Gasteiger partial charge in [0, 0.05) is 31.6 Å². The summed E-state index contributed by atoms with van der Waals surface area (Å²) in [6.07, 6.45) is 2.31. The zero-order valence-electron chi connectivity index (χ0n) is 13.8. The van der Waals surface area contributed by atoms with E-state index in [1.165, 1.54) is 7.11 Å². The third-order valence-corrected chi connectivity index (χ3v) is 4.15. The Morgan fingerprint density at radius 2 is 2.17 bits per heavy atom. The van der Waals surface area contributed by atoms with Gasteiger partial charge in [-0.15, -0.1) is 0 Å². The second-order valence-corrected chi connectivity index (χ2v) is 5.80. The van der Waals surface area contributed by atoms with Crippen LogP contribution in [-0.2, 0) is 4.79 Å². The number of hydrogen-bond donors (Lipinski definition) is 1. The molecule has 7 nitrogen and oxygen atoms in total. The van der Waals surface area contributed by atoms with Crippen molar-refractivity contribution in [1.82, 2.24) is 10.2 Å². The normalized spacial score (nSPS) is 16.2. The van der Waals surface area contributed by atoms with Crippen LogP contribution >= 0.6 is 0 Å². The van der Waals surface area contributed by atoms with E-state index in [-0.39, 0.29) is 11.8 Å². The zero-order chi connectivity index (χ0) is 16.9. The van der Waals surface area contributed by atoms with E-state index in [2.05, 4.69) is 5.32 Å². The number of carbonyl (C=O) groups excluding carboxylic acids is 2. The first-order valence-corrected chi connectivity index (χ1v) is 8.22. The van der Waals surface area contributed by atoms with E-state index >= 15 is 0 Å². The minimum Gasteiger partial charge on any atom is -0.493 e. The van der Waals surface area contributed by atoms with Crippen LogP contribution in [-0.4, -0.2) is 56.7 Å². The summed E-state index contributed by atoms with van der Waals surface area (Å²) < 4.78 is 16.3. The van der Waals surface area contributed by atoms with Crippen molar-refractivity contribution < 1.29 is 23.8 Å². The summed E-state index contributed by atoms with van der Waals surface area (Å²) in [5, 5.41) is 2.87. The number of amides is 2. The largest absolute Gasteiger partial charge is 0.493 e. The maximum Gasteiger partial charge on any atom is 0.251 e. The lowest BCUT2D eigenvalue weighted by Gasteiger charge is -2.21. The highest BCUT2D eigenvalue weighted by molar-refractivity contribution is 5.95. The number of fused-ring (bicyclic) bond motifs is 1. The molecule has 3 rings (SSSR count). The number of benzene rings is 1. The molecule has 0 unspecified atom stereocenters. The van der Waals surface area contributed by atoms with Crippen LogP contribution < -0.4 is 19.5 Å². The van der Waals surface area contributed by atoms with Crippen LogP contribution in [0.1, 0.15) is 29.6 Å². The summed E-state index contributed by atoms with van der Waals surface area (Å²) in [5.41, 5.74) is 0.466. The minimum atomic E-state index is -0.196. The average molecular weight is 334 g/mol. The topological polar surface area (TPSA) is 77.1 Å². The fourth-order valence-electron chi connectivity index (χ4n) is 2.92. The second kappa shape index (κ2) is 7.42. The number of carbonyl (C=O) groups is 2. The standard InChI is InChI=1S/C17H22N2O5/c1-22-13-10-12(11-14-16(13)24-9-8-23-14)17(21)18-5-3-7-19-6-2-4-15(19)20/h10-11H,2-9H2,1H3,(H,18,21). The highest BCUT2D eigenvalue weighted by Crippen LogP contribution is 2.40. The Balaban J connectivity index is 1.55. The summed E-state index contributed by atoms with van der Waals surface area (Å²) in [7, 11) is 1.53. The van der Waals surface area contributed by atoms with Crippen LogP contribution in [0.25, 0.3) is 0 Å². The summed E-state index contributed by atoms with van der Waals surface area (Å²) in [6, 6.07) is 3.31. The van der Waals surface area contributed by atoms with Gasteiger partial charge in [0.1, 0.15) is 13.2 Å². The fraction of sp³-hybridized carbons (Fsp3) is 0.529. The molecular formula is C17H22N2O5. The maximum atomic E-state index is 12.3. The molecule has 1 aromatic carbocycles. The quantitative estimate of drug-likeness (QED) is 0.791. The molecule has 0 radical (unpaired) electrons. The first-order valence-electron chi connectivity index (χ1n) is 8.22. The Morgan fingerprint density at radius 1 is 1.33 bits per heavy atom. The van der Waals surface area contributed by atoms with Crippen molar-refractivity contribution in [3.63, 3.8) is 0 Å². The molecular weight excluding hydrogens is 312 g/mol. The highest BCUT2D eigenvalue weighted by Gasteiger charge is 2.21. The van der Waals surface area contributed by atoms with Crippen LogP contribution in [0.5, 0.6) is 17.2 Å². The van der Waals surface area contributed by atoms with E-state index in [0.717, 1.165) is 19.4 Å².